The predicted octanol–water partition coefficient (Wildman–Crippen LogP) is 0.489. The monoisotopic (exact) mass is 245 g/mol. The van der Waals surface area contributed by atoms with Crippen LogP contribution in [0.15, 0.2) is 0 Å². The van der Waals surface area contributed by atoms with Crippen molar-refractivity contribution < 1.29 is 14.7 Å². The summed E-state index contributed by atoms with van der Waals surface area (Å²) in [4.78, 5) is 24.2. The van der Waals surface area contributed by atoms with Gasteiger partial charge in [-0.15, -0.1) is 0 Å². The fourth-order valence-electron chi connectivity index (χ4n) is 1.00. The van der Waals surface area contributed by atoms with Crippen molar-refractivity contribution in [1.82, 2.24) is 15.5 Å². The first-order chi connectivity index (χ1) is 7.70. The Morgan fingerprint density at radius 1 is 1.35 bits per heavy atom. The lowest BCUT2D eigenvalue weighted by molar-refractivity contribution is -0.139. The summed E-state index contributed by atoms with van der Waals surface area (Å²) < 4.78 is 0. The van der Waals surface area contributed by atoms with E-state index in [1.807, 2.05) is 32.8 Å². The third kappa shape index (κ3) is 5.53. The van der Waals surface area contributed by atoms with Crippen molar-refractivity contribution in [3.63, 3.8) is 0 Å². The SMILES string of the molecule is CCC(NC(=O)NCC(C)(C)N(C)C)C(=O)O. The summed E-state index contributed by atoms with van der Waals surface area (Å²) in [7, 11) is 3.84. The Labute approximate surface area is 102 Å². The fourth-order valence-corrected chi connectivity index (χ4v) is 1.00. The number of hydrogen-bond donors (Lipinski definition) is 3. The molecule has 0 rings (SSSR count). The molecule has 0 fully saturated rings. The molecule has 0 saturated carbocycles. The third-order valence-corrected chi connectivity index (χ3v) is 2.90. The van der Waals surface area contributed by atoms with E-state index in [9.17, 15) is 9.59 Å². The molecule has 0 heterocycles. The number of urea groups is 1. The van der Waals surface area contributed by atoms with E-state index in [1.54, 1.807) is 6.92 Å². The quantitative estimate of drug-likeness (QED) is 0.636. The second kappa shape index (κ2) is 6.44. The molecule has 6 nitrogen and oxygen atoms in total. The van der Waals surface area contributed by atoms with Gasteiger partial charge in [-0.25, -0.2) is 9.59 Å². The van der Waals surface area contributed by atoms with E-state index >= 15 is 0 Å². The highest BCUT2D eigenvalue weighted by molar-refractivity contribution is 5.82. The highest BCUT2D eigenvalue weighted by Crippen LogP contribution is 2.07. The van der Waals surface area contributed by atoms with Crippen LogP contribution in [0.2, 0.25) is 0 Å². The molecule has 1 unspecified atom stereocenters. The summed E-state index contributed by atoms with van der Waals surface area (Å²) in [6, 6.07) is -1.29. The van der Waals surface area contributed by atoms with Crippen molar-refractivity contribution >= 4 is 12.0 Å². The highest BCUT2D eigenvalue weighted by atomic mass is 16.4. The van der Waals surface area contributed by atoms with E-state index in [0.29, 0.717) is 13.0 Å². The van der Waals surface area contributed by atoms with Gasteiger partial charge in [0.25, 0.3) is 0 Å². The van der Waals surface area contributed by atoms with Crippen molar-refractivity contribution in [2.24, 2.45) is 0 Å². The van der Waals surface area contributed by atoms with Crippen molar-refractivity contribution in [1.29, 1.82) is 0 Å². The van der Waals surface area contributed by atoms with E-state index < -0.39 is 18.0 Å². The minimum absolute atomic E-state index is 0.178. The number of likely N-dealkylation sites (N-methyl/N-ethyl adjacent to an activating group) is 1. The van der Waals surface area contributed by atoms with Gasteiger partial charge in [0, 0.05) is 12.1 Å². The van der Waals surface area contributed by atoms with Gasteiger partial charge in [-0.1, -0.05) is 6.92 Å². The number of carboxylic acid groups (broad SMARTS) is 1. The Morgan fingerprint density at radius 2 is 1.88 bits per heavy atom. The summed E-state index contributed by atoms with van der Waals surface area (Å²) in [5.74, 6) is -1.02. The number of rotatable bonds is 6. The van der Waals surface area contributed by atoms with Crippen molar-refractivity contribution in [3.05, 3.63) is 0 Å². The predicted molar refractivity (Wildman–Crippen MR) is 66.0 cm³/mol. The molecule has 0 saturated heterocycles. The van der Waals surface area contributed by atoms with Crippen LogP contribution in [0.1, 0.15) is 27.2 Å². The summed E-state index contributed by atoms with van der Waals surface area (Å²) in [5, 5.41) is 13.9. The number of carboxylic acids is 1. The van der Waals surface area contributed by atoms with Gasteiger partial charge in [0.1, 0.15) is 6.04 Å². The van der Waals surface area contributed by atoms with Crippen molar-refractivity contribution in [2.75, 3.05) is 20.6 Å². The molecular weight excluding hydrogens is 222 g/mol. The summed E-state index contributed by atoms with van der Waals surface area (Å²) in [6.45, 7) is 6.13. The Bertz CT molecular complexity index is 277. The molecule has 1 atom stereocenters. The van der Waals surface area contributed by atoms with Crippen LogP contribution >= 0.6 is 0 Å². The first-order valence-corrected chi connectivity index (χ1v) is 5.65. The molecular formula is C11H23N3O3. The van der Waals surface area contributed by atoms with Gasteiger partial charge in [0.05, 0.1) is 0 Å². The Morgan fingerprint density at radius 3 is 2.24 bits per heavy atom. The number of carbonyl (C=O) groups excluding carboxylic acids is 1. The minimum atomic E-state index is -1.02. The molecule has 100 valence electrons. The summed E-state index contributed by atoms with van der Waals surface area (Å²) >= 11 is 0. The number of aliphatic carboxylic acids is 1. The molecule has 6 heteroatoms. The molecule has 0 aliphatic carbocycles. The number of nitrogens with zero attached hydrogens (tertiary/aromatic N) is 1. The zero-order valence-electron chi connectivity index (χ0n) is 11.2. The maximum atomic E-state index is 11.5. The van der Waals surface area contributed by atoms with Gasteiger partial charge >= 0.3 is 12.0 Å². The molecule has 0 aliphatic rings. The van der Waals surface area contributed by atoms with Crippen LogP contribution in [0.25, 0.3) is 0 Å². The number of carbonyl (C=O) groups is 2. The van der Waals surface area contributed by atoms with Crippen LogP contribution in [0.5, 0.6) is 0 Å². The van der Waals surface area contributed by atoms with Crippen molar-refractivity contribution in [2.45, 2.75) is 38.8 Å². The smallest absolute Gasteiger partial charge is 0.326 e. The average Bonchev–Trinajstić information content (AvgIpc) is 2.22. The van der Waals surface area contributed by atoms with Gasteiger partial charge in [-0.3, -0.25) is 0 Å². The van der Waals surface area contributed by atoms with Crippen LogP contribution in [-0.2, 0) is 4.79 Å². The van der Waals surface area contributed by atoms with Gasteiger partial charge in [-0.05, 0) is 34.4 Å². The van der Waals surface area contributed by atoms with Gasteiger partial charge in [0.2, 0.25) is 0 Å². The normalized spacial score (nSPS) is 13.3. The molecule has 0 aromatic carbocycles. The average molecular weight is 245 g/mol. The van der Waals surface area contributed by atoms with Gasteiger partial charge in [0.15, 0.2) is 0 Å². The number of amides is 2. The Balaban J connectivity index is 4.16. The molecule has 0 bridgehead atoms. The molecule has 0 aromatic rings. The van der Waals surface area contributed by atoms with E-state index in [1.165, 1.54) is 0 Å². The van der Waals surface area contributed by atoms with E-state index in [2.05, 4.69) is 10.6 Å². The Hall–Kier alpha value is -1.30. The standard InChI is InChI=1S/C11H23N3O3/c1-6-8(9(15)16)13-10(17)12-7-11(2,3)14(4)5/h8H,6-7H2,1-5H3,(H,15,16)(H2,12,13,17). The first kappa shape index (κ1) is 15.7. The maximum Gasteiger partial charge on any atom is 0.326 e. The van der Waals surface area contributed by atoms with Crippen LogP contribution in [-0.4, -0.2) is 54.2 Å². The van der Waals surface area contributed by atoms with E-state index in [-0.39, 0.29) is 5.54 Å². The zero-order chi connectivity index (χ0) is 13.6. The second-order valence-electron chi connectivity index (χ2n) is 4.83. The molecule has 2 amide bonds. The molecule has 17 heavy (non-hydrogen) atoms. The van der Waals surface area contributed by atoms with Crippen molar-refractivity contribution in [3.8, 4) is 0 Å². The molecule has 0 spiro atoms. The second-order valence-corrected chi connectivity index (χ2v) is 4.83. The molecule has 3 N–H and O–H groups in total. The van der Waals surface area contributed by atoms with Crippen LogP contribution in [0.4, 0.5) is 4.79 Å². The van der Waals surface area contributed by atoms with Crippen LogP contribution < -0.4 is 10.6 Å². The summed E-state index contributed by atoms with van der Waals surface area (Å²) in [6.07, 6.45) is 0.361. The topological polar surface area (TPSA) is 81.7 Å². The number of nitrogens with one attached hydrogen (secondary N) is 2. The largest absolute Gasteiger partial charge is 0.480 e. The van der Waals surface area contributed by atoms with E-state index in [0.717, 1.165) is 0 Å². The highest BCUT2D eigenvalue weighted by Gasteiger charge is 2.22. The lowest BCUT2D eigenvalue weighted by Gasteiger charge is -2.32. The molecule has 0 radical (unpaired) electrons. The van der Waals surface area contributed by atoms with Crippen LogP contribution in [0, 0.1) is 0 Å². The first-order valence-electron chi connectivity index (χ1n) is 5.65. The fraction of sp³-hybridized carbons (Fsp3) is 0.818. The van der Waals surface area contributed by atoms with Gasteiger partial charge < -0.3 is 20.6 Å². The van der Waals surface area contributed by atoms with Gasteiger partial charge in [-0.2, -0.15) is 0 Å². The number of hydrogen-bond acceptors (Lipinski definition) is 3. The summed E-state index contributed by atoms with van der Waals surface area (Å²) in [5.41, 5.74) is -0.178. The van der Waals surface area contributed by atoms with Crippen LogP contribution in [0.3, 0.4) is 0 Å². The lowest BCUT2D eigenvalue weighted by atomic mass is 10.0. The maximum absolute atomic E-state index is 11.5. The third-order valence-electron chi connectivity index (χ3n) is 2.90. The Kier molecular flexibility index (Phi) is 5.95. The zero-order valence-corrected chi connectivity index (χ0v) is 11.2. The molecule has 0 aromatic heterocycles. The minimum Gasteiger partial charge on any atom is -0.480 e. The molecule has 0 aliphatic heterocycles. The lowest BCUT2D eigenvalue weighted by Crippen LogP contribution is -2.52. The van der Waals surface area contributed by atoms with E-state index in [4.69, 9.17) is 5.11 Å².